The third-order valence-corrected chi connectivity index (χ3v) is 3.50. The lowest BCUT2D eigenvalue weighted by atomic mass is 10.1. The molecule has 2 atom stereocenters. The van der Waals surface area contributed by atoms with Gasteiger partial charge in [0.15, 0.2) is 0 Å². The maximum atomic E-state index is 5.60. The lowest BCUT2D eigenvalue weighted by Crippen LogP contribution is -2.55. The van der Waals surface area contributed by atoms with Gasteiger partial charge in [0.25, 0.3) is 0 Å². The van der Waals surface area contributed by atoms with Gasteiger partial charge in [0.05, 0.1) is 11.9 Å². The molecule has 0 saturated carbocycles. The van der Waals surface area contributed by atoms with Gasteiger partial charge >= 0.3 is 0 Å². The molecule has 88 valence electrons. The number of aromatic nitrogens is 1. The molecule has 1 aromatic heterocycles. The zero-order chi connectivity index (χ0) is 11.7. The Labute approximate surface area is 97.1 Å². The highest BCUT2D eigenvalue weighted by Crippen LogP contribution is 2.20. The summed E-state index contributed by atoms with van der Waals surface area (Å²) in [6, 6.07) is 5.05. The van der Waals surface area contributed by atoms with Gasteiger partial charge in [-0.3, -0.25) is 4.90 Å². The Bertz CT molecular complexity index is 337. The van der Waals surface area contributed by atoms with Crippen LogP contribution >= 0.6 is 0 Å². The molecule has 16 heavy (non-hydrogen) atoms. The molecule has 1 aliphatic rings. The summed E-state index contributed by atoms with van der Waals surface area (Å²) in [5.74, 6) is 0.582. The predicted molar refractivity (Wildman–Crippen MR) is 67.5 cm³/mol. The molecule has 0 bridgehead atoms. The third kappa shape index (κ3) is 2.11. The molecule has 0 aromatic carbocycles. The Morgan fingerprint density at radius 1 is 1.25 bits per heavy atom. The first-order valence-electron chi connectivity index (χ1n) is 5.76. The average Bonchev–Trinajstić information content (AvgIpc) is 2.26. The molecule has 1 aromatic rings. The van der Waals surface area contributed by atoms with E-state index in [1.807, 2.05) is 18.3 Å². The number of piperazine rings is 1. The van der Waals surface area contributed by atoms with E-state index in [9.17, 15) is 0 Å². The van der Waals surface area contributed by atoms with E-state index >= 15 is 0 Å². The molecule has 1 saturated heterocycles. The fourth-order valence-corrected chi connectivity index (χ4v) is 2.20. The second kappa shape index (κ2) is 4.29. The summed E-state index contributed by atoms with van der Waals surface area (Å²) >= 11 is 0. The van der Waals surface area contributed by atoms with E-state index in [0.717, 1.165) is 13.1 Å². The van der Waals surface area contributed by atoms with Gasteiger partial charge in [0.2, 0.25) is 0 Å². The number of pyridine rings is 1. The molecule has 0 spiro atoms. The zero-order valence-corrected chi connectivity index (χ0v) is 10.2. The van der Waals surface area contributed by atoms with Crippen LogP contribution in [0.3, 0.4) is 0 Å². The van der Waals surface area contributed by atoms with Crippen molar-refractivity contribution in [3.8, 4) is 0 Å². The first kappa shape index (κ1) is 11.2. The SMILES string of the molecule is CC1CN(c2ccc(N)nc2)CC(C)N1C. The molecule has 0 amide bonds. The van der Waals surface area contributed by atoms with Crippen LogP contribution in [-0.4, -0.2) is 42.1 Å². The molecule has 2 heterocycles. The van der Waals surface area contributed by atoms with E-state index in [-0.39, 0.29) is 0 Å². The van der Waals surface area contributed by atoms with Gasteiger partial charge in [-0.25, -0.2) is 4.98 Å². The molecular weight excluding hydrogens is 200 g/mol. The van der Waals surface area contributed by atoms with Crippen LogP contribution in [0.4, 0.5) is 11.5 Å². The van der Waals surface area contributed by atoms with Crippen molar-refractivity contribution >= 4 is 11.5 Å². The number of anilines is 2. The molecule has 0 radical (unpaired) electrons. The van der Waals surface area contributed by atoms with Gasteiger partial charge in [-0.15, -0.1) is 0 Å². The largest absolute Gasteiger partial charge is 0.384 e. The number of nitrogens with zero attached hydrogens (tertiary/aromatic N) is 3. The molecule has 2 unspecified atom stereocenters. The highest BCUT2D eigenvalue weighted by Gasteiger charge is 2.26. The number of nitrogens with two attached hydrogens (primary N) is 1. The first-order valence-corrected chi connectivity index (χ1v) is 5.76. The van der Waals surface area contributed by atoms with Crippen molar-refractivity contribution in [2.75, 3.05) is 30.8 Å². The molecule has 1 aliphatic heterocycles. The summed E-state index contributed by atoms with van der Waals surface area (Å²) < 4.78 is 0. The van der Waals surface area contributed by atoms with Gasteiger partial charge in [-0.2, -0.15) is 0 Å². The fourth-order valence-electron chi connectivity index (χ4n) is 2.20. The van der Waals surface area contributed by atoms with E-state index < -0.39 is 0 Å². The first-order chi connectivity index (χ1) is 7.58. The van der Waals surface area contributed by atoms with Crippen molar-refractivity contribution in [3.05, 3.63) is 18.3 Å². The summed E-state index contributed by atoms with van der Waals surface area (Å²) in [4.78, 5) is 8.94. The van der Waals surface area contributed by atoms with Crippen molar-refractivity contribution in [1.82, 2.24) is 9.88 Å². The molecular formula is C12H20N4. The van der Waals surface area contributed by atoms with Crippen molar-refractivity contribution < 1.29 is 0 Å². The second-order valence-corrected chi connectivity index (χ2v) is 4.71. The summed E-state index contributed by atoms with van der Waals surface area (Å²) in [6.07, 6.45) is 1.86. The van der Waals surface area contributed by atoms with Gasteiger partial charge < -0.3 is 10.6 Å². The topological polar surface area (TPSA) is 45.4 Å². The lowest BCUT2D eigenvalue weighted by molar-refractivity contribution is 0.170. The van der Waals surface area contributed by atoms with Crippen LogP contribution in [0, 0.1) is 0 Å². The van der Waals surface area contributed by atoms with E-state index in [0.29, 0.717) is 17.9 Å². The zero-order valence-electron chi connectivity index (χ0n) is 10.2. The van der Waals surface area contributed by atoms with Crippen LogP contribution in [0.1, 0.15) is 13.8 Å². The van der Waals surface area contributed by atoms with Gasteiger partial charge in [0.1, 0.15) is 5.82 Å². The minimum atomic E-state index is 0.571. The molecule has 2 rings (SSSR count). The summed E-state index contributed by atoms with van der Waals surface area (Å²) in [7, 11) is 2.19. The van der Waals surface area contributed by atoms with E-state index in [2.05, 4.69) is 35.7 Å². The molecule has 4 heteroatoms. The average molecular weight is 220 g/mol. The van der Waals surface area contributed by atoms with Crippen molar-refractivity contribution in [1.29, 1.82) is 0 Å². The van der Waals surface area contributed by atoms with Gasteiger partial charge in [-0.05, 0) is 33.0 Å². The summed E-state index contributed by atoms with van der Waals surface area (Å²) in [6.45, 7) is 6.61. The summed E-state index contributed by atoms with van der Waals surface area (Å²) in [5, 5.41) is 0. The van der Waals surface area contributed by atoms with Crippen LogP contribution in [0.15, 0.2) is 18.3 Å². The van der Waals surface area contributed by atoms with Crippen LogP contribution < -0.4 is 10.6 Å². The van der Waals surface area contributed by atoms with Crippen LogP contribution in [0.5, 0.6) is 0 Å². The Balaban J connectivity index is 2.13. The van der Waals surface area contributed by atoms with Crippen molar-refractivity contribution in [2.24, 2.45) is 0 Å². The Kier molecular flexibility index (Phi) is 3.01. The fraction of sp³-hybridized carbons (Fsp3) is 0.583. The number of hydrogen-bond acceptors (Lipinski definition) is 4. The number of rotatable bonds is 1. The Morgan fingerprint density at radius 3 is 2.38 bits per heavy atom. The van der Waals surface area contributed by atoms with E-state index in [1.165, 1.54) is 5.69 Å². The van der Waals surface area contributed by atoms with Gasteiger partial charge in [0, 0.05) is 25.2 Å². The molecule has 0 aliphatic carbocycles. The van der Waals surface area contributed by atoms with Gasteiger partial charge in [-0.1, -0.05) is 0 Å². The number of likely N-dealkylation sites (N-methyl/N-ethyl adjacent to an activating group) is 1. The number of hydrogen-bond donors (Lipinski definition) is 1. The van der Waals surface area contributed by atoms with Crippen LogP contribution in [0.25, 0.3) is 0 Å². The molecule has 4 nitrogen and oxygen atoms in total. The van der Waals surface area contributed by atoms with E-state index in [4.69, 9.17) is 5.73 Å². The lowest BCUT2D eigenvalue weighted by Gasteiger charge is -2.43. The van der Waals surface area contributed by atoms with Crippen LogP contribution in [0.2, 0.25) is 0 Å². The van der Waals surface area contributed by atoms with Crippen LogP contribution in [-0.2, 0) is 0 Å². The highest BCUT2D eigenvalue weighted by atomic mass is 15.3. The Morgan fingerprint density at radius 2 is 1.88 bits per heavy atom. The Hall–Kier alpha value is -1.29. The number of nitrogen functional groups attached to an aromatic ring is 1. The van der Waals surface area contributed by atoms with Crippen molar-refractivity contribution in [3.63, 3.8) is 0 Å². The molecule has 2 N–H and O–H groups in total. The summed E-state index contributed by atoms with van der Waals surface area (Å²) in [5.41, 5.74) is 6.76. The predicted octanol–water partition coefficient (Wildman–Crippen LogP) is 1.19. The monoisotopic (exact) mass is 220 g/mol. The standard InChI is InChI=1S/C12H20N4/c1-9-7-16(8-10(2)15(9)3)11-4-5-12(13)14-6-11/h4-6,9-10H,7-8H2,1-3H3,(H2,13,14). The van der Waals surface area contributed by atoms with Crippen molar-refractivity contribution in [2.45, 2.75) is 25.9 Å². The smallest absolute Gasteiger partial charge is 0.123 e. The second-order valence-electron chi connectivity index (χ2n) is 4.71. The quantitative estimate of drug-likeness (QED) is 0.772. The maximum absolute atomic E-state index is 5.60. The normalized spacial score (nSPS) is 27.1. The maximum Gasteiger partial charge on any atom is 0.123 e. The third-order valence-electron chi connectivity index (χ3n) is 3.50. The minimum Gasteiger partial charge on any atom is -0.384 e. The van der Waals surface area contributed by atoms with E-state index in [1.54, 1.807) is 0 Å². The molecule has 1 fully saturated rings. The highest BCUT2D eigenvalue weighted by molar-refractivity contribution is 5.48. The minimum absolute atomic E-state index is 0.571.